The number of benzene rings is 1. The molecular weight excluding hydrogens is 336 g/mol. The van der Waals surface area contributed by atoms with Gasteiger partial charge in [0, 0.05) is 17.5 Å². The molecule has 1 aromatic carbocycles. The van der Waals surface area contributed by atoms with Gasteiger partial charge in [0.2, 0.25) is 5.89 Å². The van der Waals surface area contributed by atoms with Crippen LogP contribution in [0.5, 0.6) is 0 Å². The van der Waals surface area contributed by atoms with E-state index in [-0.39, 0.29) is 24.4 Å². The van der Waals surface area contributed by atoms with Crippen molar-refractivity contribution in [1.29, 1.82) is 0 Å². The van der Waals surface area contributed by atoms with Crippen molar-refractivity contribution in [1.82, 2.24) is 20.8 Å². The molecule has 2 N–H and O–H groups in total. The van der Waals surface area contributed by atoms with Crippen LogP contribution in [-0.4, -0.2) is 35.7 Å². The van der Waals surface area contributed by atoms with Crippen LogP contribution in [0.2, 0.25) is 0 Å². The van der Waals surface area contributed by atoms with Crippen LogP contribution in [0.25, 0.3) is 0 Å². The monoisotopic (exact) mass is 356 g/mol. The van der Waals surface area contributed by atoms with E-state index in [1.807, 2.05) is 38.2 Å². The van der Waals surface area contributed by atoms with Crippen molar-refractivity contribution in [2.45, 2.75) is 30.5 Å². The third-order valence-electron chi connectivity index (χ3n) is 3.11. The van der Waals surface area contributed by atoms with E-state index in [4.69, 9.17) is 4.52 Å². The molecule has 1 amide bonds. The van der Waals surface area contributed by atoms with E-state index in [1.165, 1.54) is 11.8 Å². The third kappa shape index (κ3) is 5.85. The van der Waals surface area contributed by atoms with Gasteiger partial charge in [-0.15, -0.1) is 24.2 Å². The van der Waals surface area contributed by atoms with Crippen LogP contribution in [0.3, 0.4) is 0 Å². The number of nitrogens with zero attached hydrogens (tertiary/aromatic N) is 2. The number of likely N-dealkylation sites (N-methyl/N-ethyl adjacent to an activating group) is 1. The van der Waals surface area contributed by atoms with Crippen LogP contribution in [-0.2, 0) is 5.75 Å². The average molecular weight is 357 g/mol. The van der Waals surface area contributed by atoms with E-state index >= 15 is 0 Å². The van der Waals surface area contributed by atoms with Gasteiger partial charge >= 0.3 is 0 Å². The molecule has 1 aromatic heterocycles. The number of rotatable bonds is 7. The third-order valence-corrected chi connectivity index (χ3v) is 4.17. The number of carbonyl (C=O) groups excluding carboxylic acids is 1. The Hall–Kier alpha value is -1.57. The fourth-order valence-electron chi connectivity index (χ4n) is 1.76. The van der Waals surface area contributed by atoms with Gasteiger partial charge in [-0.25, -0.2) is 0 Å². The Morgan fingerprint density at radius 3 is 2.78 bits per heavy atom. The first-order valence-electron chi connectivity index (χ1n) is 7.06. The Kier molecular flexibility index (Phi) is 8.08. The van der Waals surface area contributed by atoms with Crippen LogP contribution in [0.15, 0.2) is 33.7 Å². The molecule has 1 atom stereocenters. The highest BCUT2D eigenvalue weighted by atomic mass is 35.5. The van der Waals surface area contributed by atoms with E-state index in [1.54, 1.807) is 6.92 Å². The van der Waals surface area contributed by atoms with Crippen molar-refractivity contribution in [2.75, 3.05) is 13.6 Å². The molecule has 0 fully saturated rings. The number of amides is 1. The van der Waals surface area contributed by atoms with Crippen molar-refractivity contribution in [3.63, 3.8) is 0 Å². The van der Waals surface area contributed by atoms with Crippen molar-refractivity contribution >= 4 is 30.1 Å². The summed E-state index contributed by atoms with van der Waals surface area (Å²) in [5.74, 6) is 1.63. The molecule has 0 radical (unpaired) electrons. The molecule has 1 heterocycles. The maximum Gasteiger partial charge on any atom is 0.252 e. The van der Waals surface area contributed by atoms with Gasteiger partial charge < -0.3 is 15.2 Å². The maximum atomic E-state index is 12.3. The summed E-state index contributed by atoms with van der Waals surface area (Å²) in [7, 11) is 1.87. The Bertz CT molecular complexity index is 635. The first-order chi connectivity index (χ1) is 10.6. The first-order valence-corrected chi connectivity index (χ1v) is 8.05. The zero-order valence-corrected chi connectivity index (χ0v) is 15.0. The van der Waals surface area contributed by atoms with Crippen molar-refractivity contribution < 1.29 is 9.32 Å². The molecule has 0 bridgehead atoms. The first kappa shape index (κ1) is 19.5. The Morgan fingerprint density at radius 1 is 1.39 bits per heavy atom. The van der Waals surface area contributed by atoms with Crippen molar-refractivity contribution in [2.24, 2.45) is 0 Å². The molecule has 2 rings (SSSR count). The predicted molar refractivity (Wildman–Crippen MR) is 93.1 cm³/mol. The van der Waals surface area contributed by atoms with Crippen molar-refractivity contribution in [3.05, 3.63) is 41.5 Å². The fourth-order valence-corrected chi connectivity index (χ4v) is 2.65. The second kappa shape index (κ2) is 9.54. The lowest BCUT2D eigenvalue weighted by Crippen LogP contribution is -2.37. The quantitative estimate of drug-likeness (QED) is 0.742. The zero-order valence-electron chi connectivity index (χ0n) is 13.3. The Labute approximate surface area is 146 Å². The summed E-state index contributed by atoms with van der Waals surface area (Å²) in [5, 5.41) is 9.77. The van der Waals surface area contributed by atoms with E-state index in [0.29, 0.717) is 29.6 Å². The molecule has 1 unspecified atom stereocenters. The number of thioether (sulfide) groups is 1. The zero-order chi connectivity index (χ0) is 15.9. The molecule has 0 aliphatic carbocycles. The summed E-state index contributed by atoms with van der Waals surface area (Å²) in [4.78, 5) is 17.4. The van der Waals surface area contributed by atoms with Gasteiger partial charge in [0.05, 0.1) is 11.3 Å². The van der Waals surface area contributed by atoms with Crippen LogP contribution >= 0.6 is 24.2 Å². The van der Waals surface area contributed by atoms with Crippen LogP contribution < -0.4 is 10.6 Å². The number of halogens is 1. The lowest BCUT2D eigenvalue weighted by atomic mass is 10.2. The molecular formula is C15H21ClN4O2S. The van der Waals surface area contributed by atoms with Crippen LogP contribution in [0, 0.1) is 6.92 Å². The summed E-state index contributed by atoms with van der Waals surface area (Å²) in [6.45, 7) is 4.37. The second-order valence-corrected chi connectivity index (χ2v) is 5.94. The maximum absolute atomic E-state index is 12.3. The Balaban J connectivity index is 0.00000264. The molecule has 126 valence electrons. The number of nitrogens with one attached hydrogen (secondary N) is 2. The van der Waals surface area contributed by atoms with Crippen molar-refractivity contribution in [3.8, 4) is 0 Å². The topological polar surface area (TPSA) is 80.0 Å². The number of hydrogen-bond donors (Lipinski definition) is 2. The highest BCUT2D eigenvalue weighted by molar-refractivity contribution is 7.98. The fraction of sp³-hybridized carbons (Fsp3) is 0.400. The van der Waals surface area contributed by atoms with E-state index in [9.17, 15) is 4.79 Å². The lowest BCUT2D eigenvalue weighted by molar-refractivity contribution is 0.0947. The van der Waals surface area contributed by atoms with Crippen LogP contribution in [0.1, 0.15) is 29.0 Å². The largest absolute Gasteiger partial charge is 0.350 e. The van der Waals surface area contributed by atoms with Gasteiger partial charge in [-0.3, -0.25) is 4.79 Å². The molecule has 2 aromatic rings. The lowest BCUT2D eigenvalue weighted by Gasteiger charge is -2.13. The Morgan fingerprint density at radius 2 is 2.13 bits per heavy atom. The molecule has 23 heavy (non-hydrogen) atoms. The minimum Gasteiger partial charge on any atom is -0.350 e. The number of aromatic nitrogens is 2. The second-order valence-electron chi connectivity index (χ2n) is 4.92. The average Bonchev–Trinajstić information content (AvgIpc) is 2.96. The van der Waals surface area contributed by atoms with Gasteiger partial charge in [0.1, 0.15) is 0 Å². The van der Waals surface area contributed by atoms with Gasteiger partial charge in [-0.05, 0) is 33.0 Å². The number of aryl methyl sites for hydroxylation is 1. The number of carbonyl (C=O) groups is 1. The summed E-state index contributed by atoms with van der Waals surface area (Å²) in [6.07, 6.45) is 0. The highest BCUT2D eigenvalue weighted by Gasteiger charge is 2.13. The van der Waals surface area contributed by atoms with Gasteiger partial charge in [-0.2, -0.15) is 4.98 Å². The molecule has 0 saturated heterocycles. The molecule has 0 spiro atoms. The molecule has 0 aliphatic heterocycles. The molecule has 0 aliphatic rings. The van der Waals surface area contributed by atoms with E-state index < -0.39 is 0 Å². The van der Waals surface area contributed by atoms with Gasteiger partial charge in [-0.1, -0.05) is 17.3 Å². The smallest absolute Gasteiger partial charge is 0.252 e. The minimum absolute atomic E-state index is 0. The molecule has 8 heteroatoms. The predicted octanol–water partition coefficient (Wildman–Crippen LogP) is 2.43. The SMILES string of the molecule is CNC(C)CNC(=O)c1ccccc1SCc1nc(C)no1.Cl. The van der Waals surface area contributed by atoms with Gasteiger partial charge in [0.15, 0.2) is 5.82 Å². The summed E-state index contributed by atoms with van der Waals surface area (Å²) in [5.41, 5.74) is 0.659. The standard InChI is InChI=1S/C15H20N4O2S.ClH/c1-10(16-3)8-17-15(20)12-6-4-5-7-13(12)22-9-14-18-11(2)19-21-14;/h4-7,10,16H,8-9H2,1-3H3,(H,17,20);1H. The van der Waals surface area contributed by atoms with Crippen LogP contribution in [0.4, 0.5) is 0 Å². The molecule has 6 nitrogen and oxygen atoms in total. The minimum atomic E-state index is -0.0769. The normalized spacial score (nSPS) is 11.6. The summed E-state index contributed by atoms with van der Waals surface area (Å²) in [6, 6.07) is 7.74. The van der Waals surface area contributed by atoms with E-state index in [2.05, 4.69) is 20.8 Å². The number of hydrogen-bond acceptors (Lipinski definition) is 6. The summed E-state index contributed by atoms with van der Waals surface area (Å²) >= 11 is 1.51. The summed E-state index contributed by atoms with van der Waals surface area (Å²) < 4.78 is 5.09. The highest BCUT2D eigenvalue weighted by Crippen LogP contribution is 2.25. The van der Waals surface area contributed by atoms with Gasteiger partial charge in [0.25, 0.3) is 5.91 Å². The van der Waals surface area contributed by atoms with E-state index in [0.717, 1.165) is 4.90 Å². The molecule has 0 saturated carbocycles.